The van der Waals surface area contributed by atoms with Crippen molar-refractivity contribution in [2.24, 2.45) is 0 Å². The average molecular weight is 1540 g/mol. The smallest absolute Gasteiger partial charge is 0.112 e. The molecule has 0 aliphatic heterocycles. The molecule has 10 rings (SSSR count). The second-order valence-electron chi connectivity index (χ2n) is 34.2. The van der Waals surface area contributed by atoms with Crippen molar-refractivity contribution in [3.05, 3.63) is 201 Å². The Labute approximate surface area is 598 Å². The normalized spacial score (nSPS) is 12.1. The van der Waals surface area contributed by atoms with Gasteiger partial charge in [0, 0.05) is 27.0 Å². The minimum atomic E-state index is 0.0864. The third-order valence-corrected chi connectivity index (χ3v) is 30.4. The molecule has 0 amide bonds. The summed E-state index contributed by atoms with van der Waals surface area (Å²) in [5.41, 5.74) is 19.8. The molecule has 8 heterocycles. The van der Waals surface area contributed by atoms with Crippen LogP contribution in [0.15, 0.2) is 101 Å². The molecule has 0 N–H and O–H groups in total. The van der Waals surface area contributed by atoms with Crippen LogP contribution >= 0.6 is 0 Å². The van der Waals surface area contributed by atoms with Gasteiger partial charge in [-0.15, -0.1) is 0 Å². The van der Waals surface area contributed by atoms with Gasteiger partial charge in [-0.3, -0.25) is 0 Å². The fraction of sp³-hybridized carbons (Fsp3) is 0.535. The first-order valence-corrected chi connectivity index (χ1v) is 41.0. The van der Waals surface area contributed by atoms with Crippen LogP contribution in [-0.2, 0) is 43.3 Å². The number of furan rings is 4. The SMILES string of the molecule is Cc1[se]c(C(C)(C)C)c(C)c1C.Cc1c(C(C)(C)C)[se]c2ccccc12.Cc1c(C(C)(C)C)oc2ccccc12.Cc1c[se]c(C(C)(C)C)c1C.Cc1cc[se]c1C(C)(C)C.Cc1ccoc1C(C)(C)C.Cc1coc(C(C)(C)C)c1C.Cc1oc(C(C)(C)C)c(C)c1C. The molecular formula is C86H128O4Se4. The minimum absolute atomic E-state index is 0.0864. The van der Waals surface area contributed by atoms with Crippen molar-refractivity contribution in [3.63, 3.8) is 0 Å². The molecule has 0 saturated carbocycles. The Bertz CT molecular complexity index is 3700. The summed E-state index contributed by atoms with van der Waals surface area (Å²) in [4.78, 5) is 4.70. The molecule has 94 heavy (non-hydrogen) atoms. The van der Waals surface area contributed by atoms with Gasteiger partial charge in [0.25, 0.3) is 0 Å². The number of hydrogen-bond acceptors (Lipinski definition) is 4. The molecule has 2 aromatic carbocycles. The zero-order valence-corrected chi connectivity index (χ0v) is 73.2. The van der Waals surface area contributed by atoms with Crippen LogP contribution in [0.25, 0.3) is 20.6 Å². The second-order valence-corrected chi connectivity index (χ2v) is 42.7. The van der Waals surface area contributed by atoms with Gasteiger partial charge in [-0.25, -0.2) is 0 Å². The van der Waals surface area contributed by atoms with Crippen molar-refractivity contribution in [3.8, 4) is 0 Å². The van der Waals surface area contributed by atoms with E-state index in [9.17, 15) is 0 Å². The van der Waals surface area contributed by atoms with Crippen LogP contribution in [0.4, 0.5) is 0 Å². The molecule has 4 nitrogen and oxygen atoms in total. The van der Waals surface area contributed by atoms with Crippen molar-refractivity contribution < 1.29 is 17.7 Å². The van der Waals surface area contributed by atoms with E-state index in [1.54, 1.807) is 43.8 Å². The number of hydrogen-bond donors (Lipinski definition) is 0. The first kappa shape index (κ1) is 84.3. The summed E-state index contributed by atoms with van der Waals surface area (Å²) in [6, 6.07) is 21.3. The maximum absolute atomic E-state index is 5.86. The van der Waals surface area contributed by atoms with Gasteiger partial charge in [0.05, 0.1) is 12.5 Å². The summed E-state index contributed by atoms with van der Waals surface area (Å²) in [5.74, 6) is 5.47. The van der Waals surface area contributed by atoms with Crippen LogP contribution in [0.1, 0.15) is 284 Å². The number of rotatable bonds is 0. The Hall–Kier alpha value is -3.92. The van der Waals surface area contributed by atoms with E-state index in [-0.39, 0.29) is 21.7 Å². The first-order chi connectivity index (χ1) is 42.6. The molecule has 0 fully saturated rings. The molecule has 0 bridgehead atoms. The van der Waals surface area contributed by atoms with Crippen LogP contribution in [-0.4, -0.2) is 58.0 Å². The maximum Gasteiger partial charge on any atom is 0.112 e. The molecular weight excluding hydrogens is 1410 g/mol. The van der Waals surface area contributed by atoms with Crippen molar-refractivity contribution >= 4 is 78.6 Å². The molecule has 0 atom stereocenters. The monoisotopic (exact) mass is 1540 g/mol. The van der Waals surface area contributed by atoms with E-state index in [1.807, 2.05) is 31.4 Å². The van der Waals surface area contributed by atoms with Gasteiger partial charge in [0.1, 0.15) is 34.4 Å². The van der Waals surface area contributed by atoms with E-state index in [4.69, 9.17) is 17.7 Å². The zero-order chi connectivity index (χ0) is 72.6. The van der Waals surface area contributed by atoms with E-state index < -0.39 is 0 Å². The molecule has 0 saturated heterocycles. The van der Waals surface area contributed by atoms with Crippen molar-refractivity contribution in [2.45, 2.75) is 306 Å². The number of aryl methyl sites for hydroxylation is 8. The molecule has 10 aromatic rings. The van der Waals surface area contributed by atoms with Crippen LogP contribution in [0, 0.1) is 96.9 Å². The van der Waals surface area contributed by atoms with Crippen LogP contribution in [0.2, 0.25) is 0 Å². The third-order valence-electron chi connectivity index (χ3n) is 16.8. The second kappa shape index (κ2) is 33.3. The van der Waals surface area contributed by atoms with Gasteiger partial charge in [0.2, 0.25) is 0 Å². The molecule has 8 aromatic heterocycles. The summed E-state index contributed by atoms with van der Waals surface area (Å²) >= 11 is 2.46. The molecule has 520 valence electrons. The van der Waals surface area contributed by atoms with Gasteiger partial charge in [0.15, 0.2) is 0 Å². The van der Waals surface area contributed by atoms with Crippen LogP contribution in [0.3, 0.4) is 0 Å². The Morgan fingerprint density at radius 1 is 0.298 bits per heavy atom. The molecule has 0 spiro atoms. The third kappa shape index (κ3) is 23.6. The van der Waals surface area contributed by atoms with Gasteiger partial charge >= 0.3 is 317 Å². The van der Waals surface area contributed by atoms with E-state index in [0.717, 1.165) is 34.4 Å². The Balaban J connectivity index is 0.000000281. The quantitative estimate of drug-likeness (QED) is 0.142. The summed E-state index contributed by atoms with van der Waals surface area (Å²) in [6.45, 7) is 84.1. The predicted octanol–water partition coefficient (Wildman–Crippen LogP) is 25.1. The number of benzene rings is 2. The molecule has 0 radical (unpaired) electrons. The molecule has 0 aliphatic carbocycles. The van der Waals surface area contributed by atoms with E-state index in [0.29, 0.717) is 79.7 Å². The Kier molecular flexibility index (Phi) is 29.9. The standard InChI is InChI=1S/C13H16O.C13H16Se.C11H18O.C11H18Se.C10H16O.C10H16Se.C9H14O.C9H14Se/c2*1-9-10-7-5-6-8-11(10)14-12(9)13(2,3)4;2*1-7-8(2)10(11(4,5)6)12-9(7)3;2*1-7-6-11-9(8(7)2)10(3,4)5;2*1-7-5-6-10-8(7)9(2,3)4/h2*5-8H,1-4H3;2*1-6H3;2*6H,1-5H3;2*5-6H,1-4H3. The fourth-order valence-corrected chi connectivity index (χ4v) is 21.3. The fourth-order valence-electron chi connectivity index (χ4n) is 11.5. The number of fused-ring (bicyclic) bond motifs is 2. The first-order valence-electron chi connectivity index (χ1n) is 33.9. The van der Waals surface area contributed by atoms with Gasteiger partial charge in [-0.05, 0) is 94.0 Å². The Morgan fingerprint density at radius 3 is 1.05 bits per heavy atom. The zero-order valence-electron chi connectivity index (χ0n) is 66.3. The van der Waals surface area contributed by atoms with E-state index >= 15 is 0 Å². The van der Waals surface area contributed by atoms with E-state index in [1.165, 1.54) is 66.4 Å². The number of para-hydroxylation sites is 1. The average Bonchev–Trinajstić information content (AvgIpc) is 1.66. The minimum Gasteiger partial charge on any atom is -0.469 e. The summed E-state index contributed by atoms with van der Waals surface area (Å²) in [6.07, 6.45) is 3.58. The molecule has 8 heteroatoms. The van der Waals surface area contributed by atoms with E-state index in [2.05, 4.69) is 309 Å². The summed E-state index contributed by atoms with van der Waals surface area (Å²) in [5, 5.41) is 2.72. The van der Waals surface area contributed by atoms with Crippen LogP contribution < -0.4 is 0 Å². The van der Waals surface area contributed by atoms with Crippen molar-refractivity contribution in [1.82, 2.24) is 0 Å². The van der Waals surface area contributed by atoms with Crippen molar-refractivity contribution in [1.29, 1.82) is 0 Å². The molecule has 0 unspecified atom stereocenters. The summed E-state index contributed by atoms with van der Waals surface area (Å²) in [7, 11) is 0. The van der Waals surface area contributed by atoms with Crippen molar-refractivity contribution in [2.75, 3.05) is 0 Å². The van der Waals surface area contributed by atoms with Crippen LogP contribution in [0.5, 0.6) is 0 Å². The van der Waals surface area contributed by atoms with Gasteiger partial charge < -0.3 is 17.7 Å². The Morgan fingerprint density at radius 2 is 0.766 bits per heavy atom. The van der Waals surface area contributed by atoms with Gasteiger partial charge in [-0.1, -0.05) is 101 Å². The summed E-state index contributed by atoms with van der Waals surface area (Å²) < 4.78 is 32.2. The maximum atomic E-state index is 5.86. The van der Waals surface area contributed by atoms with Gasteiger partial charge in [-0.2, -0.15) is 0 Å². The molecule has 0 aliphatic rings. The largest absolute Gasteiger partial charge is 0.469 e. The topological polar surface area (TPSA) is 52.6 Å². The predicted molar refractivity (Wildman–Crippen MR) is 419 cm³/mol.